The van der Waals surface area contributed by atoms with E-state index in [0.29, 0.717) is 24.6 Å². The van der Waals surface area contributed by atoms with Crippen molar-refractivity contribution in [1.82, 2.24) is 29.0 Å². The van der Waals surface area contributed by atoms with Crippen LogP contribution in [-0.2, 0) is 14.8 Å². The number of sulfonamides is 1. The predicted octanol–water partition coefficient (Wildman–Crippen LogP) is 1.66. The number of rotatable bonds is 6. The average molecular weight is 469 g/mol. The van der Waals surface area contributed by atoms with Gasteiger partial charge >= 0.3 is 0 Å². The van der Waals surface area contributed by atoms with E-state index in [9.17, 15) is 13.2 Å². The molecule has 3 heterocycles. The Balaban J connectivity index is 1.61. The highest BCUT2D eigenvalue weighted by atomic mass is 32.2. The lowest BCUT2D eigenvalue weighted by atomic mass is 10.1. The first-order valence-electron chi connectivity index (χ1n) is 10.3. The van der Waals surface area contributed by atoms with Crippen LogP contribution in [0.15, 0.2) is 55.1 Å². The molecule has 172 valence electrons. The topological polar surface area (TPSA) is 111 Å². The van der Waals surface area contributed by atoms with Gasteiger partial charge in [0.05, 0.1) is 31.0 Å². The van der Waals surface area contributed by atoms with Crippen molar-refractivity contribution in [2.24, 2.45) is 0 Å². The molecule has 11 heteroatoms. The number of carbonyl (C=O) groups excluding carboxylic acids is 1. The molecule has 10 nitrogen and oxygen atoms in total. The Kier molecular flexibility index (Phi) is 6.52. The van der Waals surface area contributed by atoms with E-state index in [1.165, 1.54) is 23.9 Å². The normalized spacial score (nSPS) is 15.2. The first kappa shape index (κ1) is 22.6. The molecule has 0 bridgehead atoms. The third-order valence-corrected chi connectivity index (χ3v) is 6.53. The van der Waals surface area contributed by atoms with E-state index in [-0.39, 0.29) is 24.7 Å². The first-order chi connectivity index (χ1) is 15.8. The standard InChI is InChI=1S/C22H24N6O4S/c1-32-15-8-18-16-20(22(29)26-11-13-27(14-12-26)33(2,30)31)25-21(24-18)17-4-6-19(7-5-17)28-10-3-9-23-28/h3-10,15-16H,11-14H2,1-2H3/b15-8+. The number of piperazine rings is 1. The minimum Gasteiger partial charge on any atom is -0.504 e. The number of aromatic nitrogens is 4. The van der Waals surface area contributed by atoms with Gasteiger partial charge in [0.2, 0.25) is 10.0 Å². The highest BCUT2D eigenvalue weighted by molar-refractivity contribution is 7.88. The highest BCUT2D eigenvalue weighted by Crippen LogP contribution is 2.20. The zero-order chi connectivity index (χ0) is 23.4. The fraction of sp³-hybridized carbons (Fsp3) is 0.273. The van der Waals surface area contributed by atoms with Gasteiger partial charge in [0.25, 0.3) is 5.91 Å². The smallest absolute Gasteiger partial charge is 0.272 e. The molecule has 0 N–H and O–H groups in total. The lowest BCUT2D eigenvalue weighted by Gasteiger charge is -2.33. The van der Waals surface area contributed by atoms with Crippen LogP contribution in [0.3, 0.4) is 0 Å². The van der Waals surface area contributed by atoms with Crippen molar-refractivity contribution in [2.45, 2.75) is 0 Å². The van der Waals surface area contributed by atoms with Gasteiger partial charge in [-0.05, 0) is 42.5 Å². The van der Waals surface area contributed by atoms with Gasteiger partial charge < -0.3 is 9.64 Å². The number of carbonyl (C=O) groups is 1. The quantitative estimate of drug-likeness (QED) is 0.506. The second-order valence-electron chi connectivity index (χ2n) is 7.49. The van der Waals surface area contributed by atoms with Crippen LogP contribution in [0.25, 0.3) is 23.2 Å². The maximum atomic E-state index is 13.2. The molecule has 0 radical (unpaired) electrons. The van der Waals surface area contributed by atoms with Crippen molar-refractivity contribution in [1.29, 1.82) is 0 Å². The van der Waals surface area contributed by atoms with Gasteiger partial charge in [-0.2, -0.15) is 9.40 Å². The summed E-state index contributed by atoms with van der Waals surface area (Å²) in [6.07, 6.45) is 7.86. The van der Waals surface area contributed by atoms with Gasteiger partial charge in [-0.15, -0.1) is 0 Å². The number of hydrogen-bond acceptors (Lipinski definition) is 7. The Morgan fingerprint density at radius 3 is 2.42 bits per heavy atom. The minimum absolute atomic E-state index is 0.236. The second kappa shape index (κ2) is 9.51. The molecule has 0 saturated carbocycles. The molecule has 1 aromatic carbocycles. The average Bonchev–Trinajstić information content (AvgIpc) is 3.37. The van der Waals surface area contributed by atoms with Crippen LogP contribution in [0.2, 0.25) is 0 Å². The lowest BCUT2D eigenvalue weighted by Crippen LogP contribution is -2.50. The fourth-order valence-corrected chi connectivity index (χ4v) is 4.32. The van der Waals surface area contributed by atoms with Crippen LogP contribution in [0.1, 0.15) is 16.2 Å². The number of amides is 1. The third-order valence-electron chi connectivity index (χ3n) is 5.23. The molecule has 0 spiro atoms. The second-order valence-corrected chi connectivity index (χ2v) is 9.47. The number of nitrogens with zero attached hydrogens (tertiary/aromatic N) is 6. The third kappa shape index (κ3) is 5.26. The summed E-state index contributed by atoms with van der Waals surface area (Å²) in [5, 5.41) is 4.22. The zero-order valence-corrected chi connectivity index (χ0v) is 19.1. The summed E-state index contributed by atoms with van der Waals surface area (Å²) in [5.41, 5.74) is 2.39. The maximum absolute atomic E-state index is 13.2. The molecular weight excluding hydrogens is 444 g/mol. The van der Waals surface area contributed by atoms with Gasteiger partial charge in [0.15, 0.2) is 5.82 Å². The maximum Gasteiger partial charge on any atom is 0.272 e. The molecule has 1 saturated heterocycles. The van der Waals surface area contributed by atoms with E-state index in [1.807, 2.05) is 36.5 Å². The fourth-order valence-electron chi connectivity index (χ4n) is 3.50. The molecule has 2 aromatic heterocycles. The highest BCUT2D eigenvalue weighted by Gasteiger charge is 2.27. The lowest BCUT2D eigenvalue weighted by molar-refractivity contribution is 0.0692. The van der Waals surface area contributed by atoms with Gasteiger partial charge in [0, 0.05) is 44.1 Å². The molecule has 3 aromatic rings. The Morgan fingerprint density at radius 1 is 1.09 bits per heavy atom. The Morgan fingerprint density at radius 2 is 1.82 bits per heavy atom. The van der Waals surface area contributed by atoms with Gasteiger partial charge in [-0.1, -0.05) is 0 Å². The van der Waals surface area contributed by atoms with Crippen molar-refractivity contribution in [2.75, 3.05) is 39.5 Å². The largest absolute Gasteiger partial charge is 0.504 e. The molecule has 0 atom stereocenters. The molecule has 1 aliphatic rings. The van der Waals surface area contributed by atoms with Crippen LogP contribution in [-0.4, -0.2) is 82.8 Å². The van der Waals surface area contributed by atoms with Crippen molar-refractivity contribution >= 4 is 22.0 Å². The van der Waals surface area contributed by atoms with Crippen LogP contribution >= 0.6 is 0 Å². The van der Waals surface area contributed by atoms with E-state index >= 15 is 0 Å². The van der Waals surface area contributed by atoms with Crippen molar-refractivity contribution in [3.05, 3.63) is 66.4 Å². The minimum atomic E-state index is -3.28. The van der Waals surface area contributed by atoms with Gasteiger partial charge in [-0.25, -0.2) is 23.1 Å². The summed E-state index contributed by atoms with van der Waals surface area (Å²) >= 11 is 0. The van der Waals surface area contributed by atoms with Crippen molar-refractivity contribution in [3.63, 3.8) is 0 Å². The molecule has 0 aliphatic carbocycles. The molecular formula is C22H24N6O4S. The van der Waals surface area contributed by atoms with Crippen LogP contribution in [0.4, 0.5) is 0 Å². The Hall–Kier alpha value is -3.57. The monoisotopic (exact) mass is 468 g/mol. The molecule has 1 amide bonds. The Labute approximate surface area is 192 Å². The summed E-state index contributed by atoms with van der Waals surface area (Å²) < 4.78 is 31.6. The SMILES string of the molecule is CO/C=C/c1cc(C(=O)N2CCN(S(C)(=O)=O)CC2)nc(-c2ccc(-n3cccn3)cc2)n1. The molecule has 33 heavy (non-hydrogen) atoms. The number of methoxy groups -OCH3 is 1. The van der Waals surface area contributed by atoms with Gasteiger partial charge in [-0.3, -0.25) is 4.79 Å². The van der Waals surface area contributed by atoms with E-state index in [4.69, 9.17) is 4.74 Å². The summed E-state index contributed by atoms with van der Waals surface area (Å²) in [7, 11) is -1.75. The summed E-state index contributed by atoms with van der Waals surface area (Å²) in [5.74, 6) is 0.130. The number of hydrogen-bond donors (Lipinski definition) is 0. The number of benzene rings is 1. The van der Waals surface area contributed by atoms with Gasteiger partial charge in [0.1, 0.15) is 5.69 Å². The first-order valence-corrected chi connectivity index (χ1v) is 12.1. The predicted molar refractivity (Wildman–Crippen MR) is 123 cm³/mol. The summed E-state index contributed by atoms with van der Waals surface area (Å²) in [4.78, 5) is 23.8. The Bertz CT molecular complexity index is 1250. The molecule has 1 aliphatic heterocycles. The van der Waals surface area contributed by atoms with E-state index in [0.717, 1.165) is 11.3 Å². The molecule has 1 fully saturated rings. The summed E-state index contributed by atoms with van der Waals surface area (Å²) in [6.45, 7) is 1.11. The van der Waals surface area contributed by atoms with Crippen LogP contribution in [0.5, 0.6) is 0 Å². The van der Waals surface area contributed by atoms with Crippen LogP contribution < -0.4 is 0 Å². The summed E-state index contributed by atoms with van der Waals surface area (Å²) in [6, 6.07) is 11.0. The number of ether oxygens (including phenoxy) is 1. The van der Waals surface area contributed by atoms with Crippen molar-refractivity contribution in [3.8, 4) is 17.1 Å². The van der Waals surface area contributed by atoms with E-state index in [1.54, 1.807) is 27.9 Å². The molecule has 4 rings (SSSR count). The zero-order valence-electron chi connectivity index (χ0n) is 18.3. The van der Waals surface area contributed by atoms with E-state index in [2.05, 4.69) is 15.1 Å². The molecule has 0 unspecified atom stereocenters. The van der Waals surface area contributed by atoms with Crippen molar-refractivity contribution < 1.29 is 17.9 Å². The van der Waals surface area contributed by atoms with E-state index < -0.39 is 10.0 Å². The van der Waals surface area contributed by atoms with Crippen LogP contribution in [0, 0.1) is 0 Å².